The molecule has 0 aliphatic carbocycles. The largest absolute Gasteiger partial charge is 0.367 e. The molecule has 34 heavy (non-hydrogen) atoms. The minimum absolute atomic E-state index is 0.233. The van der Waals surface area contributed by atoms with E-state index in [1.807, 2.05) is 22.8 Å². The van der Waals surface area contributed by atoms with Crippen LogP contribution in [0.4, 0.5) is 10.2 Å². The van der Waals surface area contributed by atoms with E-state index in [1.165, 1.54) is 25.3 Å². The lowest BCUT2D eigenvalue weighted by Crippen LogP contribution is -2.52. The van der Waals surface area contributed by atoms with Crippen LogP contribution in [0.15, 0.2) is 61.1 Å². The number of nitrogens with one attached hydrogen (secondary N) is 2. The fraction of sp³-hybridized carbons (Fsp3) is 0.333. The summed E-state index contributed by atoms with van der Waals surface area (Å²) in [7, 11) is 0. The SMILES string of the molecule is Fc1cccc(Cn2cnc3ccc(-c4cc(NC5CC6CCCC(C5)N6)ncc4Cl)cc32)c1. The number of fused-ring (bicyclic) bond motifs is 3. The number of anilines is 1. The first kappa shape index (κ1) is 21.6. The molecule has 7 heteroatoms. The molecule has 0 amide bonds. The number of nitrogens with zero attached hydrogens (tertiary/aromatic N) is 3. The predicted molar refractivity (Wildman–Crippen MR) is 135 cm³/mol. The van der Waals surface area contributed by atoms with Crippen molar-refractivity contribution in [2.75, 3.05) is 5.32 Å². The van der Waals surface area contributed by atoms with Crippen LogP contribution in [-0.2, 0) is 6.54 Å². The third-order valence-electron chi connectivity index (χ3n) is 7.10. The quantitative estimate of drug-likeness (QED) is 0.370. The number of piperidine rings is 2. The van der Waals surface area contributed by atoms with Gasteiger partial charge in [-0.25, -0.2) is 14.4 Å². The number of imidazole rings is 1. The summed E-state index contributed by atoms with van der Waals surface area (Å²) in [5.41, 5.74) is 4.71. The molecule has 2 fully saturated rings. The standard InChI is InChI=1S/C27H27ClFN5/c28-24-14-30-27(33-22-11-20-5-2-6-21(12-22)32-20)13-23(24)18-7-8-25-26(10-18)34(16-31-25)15-17-3-1-4-19(29)9-17/h1,3-4,7-10,13-14,16,20-22,32H,2,5-6,11-12,15H2,(H,30,33). The van der Waals surface area contributed by atoms with Crippen LogP contribution in [0.25, 0.3) is 22.2 Å². The van der Waals surface area contributed by atoms with E-state index in [0.717, 1.165) is 46.4 Å². The zero-order chi connectivity index (χ0) is 23.1. The molecule has 6 rings (SSSR count). The van der Waals surface area contributed by atoms with Crippen molar-refractivity contribution in [2.24, 2.45) is 0 Å². The molecule has 2 unspecified atom stereocenters. The highest BCUT2D eigenvalue weighted by atomic mass is 35.5. The predicted octanol–water partition coefficient (Wildman–Crippen LogP) is 6.02. The van der Waals surface area contributed by atoms with Gasteiger partial charge >= 0.3 is 0 Å². The lowest BCUT2D eigenvalue weighted by atomic mass is 9.84. The Morgan fingerprint density at radius 2 is 1.91 bits per heavy atom. The van der Waals surface area contributed by atoms with Gasteiger partial charge in [-0.1, -0.05) is 36.2 Å². The summed E-state index contributed by atoms with van der Waals surface area (Å²) in [6, 6.07) is 16.5. The Bertz CT molecular complexity index is 1320. The second-order valence-corrected chi connectivity index (χ2v) is 9.97. The fourth-order valence-corrected chi connectivity index (χ4v) is 5.73. The molecule has 2 aliphatic heterocycles. The van der Waals surface area contributed by atoms with Crippen molar-refractivity contribution in [2.45, 2.75) is 56.8 Å². The number of pyridine rings is 1. The summed E-state index contributed by atoms with van der Waals surface area (Å²) in [4.78, 5) is 9.09. The molecule has 2 aromatic carbocycles. The van der Waals surface area contributed by atoms with Gasteiger partial charge in [0.1, 0.15) is 11.6 Å². The lowest BCUT2D eigenvalue weighted by molar-refractivity contribution is 0.230. The Morgan fingerprint density at radius 1 is 1.06 bits per heavy atom. The molecule has 2 atom stereocenters. The highest BCUT2D eigenvalue weighted by molar-refractivity contribution is 6.33. The highest BCUT2D eigenvalue weighted by Crippen LogP contribution is 2.33. The van der Waals surface area contributed by atoms with Crippen molar-refractivity contribution in [3.05, 3.63) is 77.5 Å². The van der Waals surface area contributed by atoms with E-state index >= 15 is 0 Å². The first-order valence-electron chi connectivity index (χ1n) is 12.0. The van der Waals surface area contributed by atoms with Gasteiger partial charge in [-0.05, 0) is 67.1 Å². The third-order valence-corrected chi connectivity index (χ3v) is 7.40. The number of halogens is 2. The van der Waals surface area contributed by atoms with E-state index in [9.17, 15) is 4.39 Å². The van der Waals surface area contributed by atoms with Crippen molar-refractivity contribution in [3.8, 4) is 11.1 Å². The van der Waals surface area contributed by atoms with Crippen molar-refractivity contribution >= 4 is 28.5 Å². The smallest absolute Gasteiger partial charge is 0.126 e. The molecule has 2 aromatic heterocycles. The molecule has 2 aliphatic rings. The van der Waals surface area contributed by atoms with Crippen molar-refractivity contribution < 1.29 is 4.39 Å². The van der Waals surface area contributed by atoms with Crippen LogP contribution in [0, 0.1) is 5.82 Å². The van der Waals surface area contributed by atoms with Gasteiger partial charge < -0.3 is 15.2 Å². The van der Waals surface area contributed by atoms with Gasteiger partial charge in [0.2, 0.25) is 0 Å². The van der Waals surface area contributed by atoms with Gasteiger partial charge in [0, 0.05) is 36.4 Å². The average molecular weight is 476 g/mol. The maximum atomic E-state index is 13.7. The average Bonchev–Trinajstić information content (AvgIpc) is 3.22. The molecule has 2 N–H and O–H groups in total. The zero-order valence-electron chi connectivity index (χ0n) is 18.8. The Balaban J connectivity index is 1.28. The molecule has 0 radical (unpaired) electrons. The van der Waals surface area contributed by atoms with Gasteiger partial charge in [0.05, 0.1) is 22.4 Å². The third kappa shape index (κ3) is 4.40. The van der Waals surface area contributed by atoms with E-state index in [4.69, 9.17) is 11.6 Å². The van der Waals surface area contributed by atoms with E-state index < -0.39 is 0 Å². The van der Waals surface area contributed by atoms with Gasteiger partial charge in [-0.3, -0.25) is 0 Å². The topological polar surface area (TPSA) is 54.8 Å². The summed E-state index contributed by atoms with van der Waals surface area (Å²) in [6.07, 6.45) is 9.64. The Hall–Kier alpha value is -2.96. The van der Waals surface area contributed by atoms with Gasteiger partial charge in [-0.15, -0.1) is 0 Å². The Labute approximate surface area is 203 Å². The Kier molecular flexibility index (Phi) is 5.71. The second-order valence-electron chi connectivity index (χ2n) is 9.56. The molecule has 4 aromatic rings. The molecule has 5 nitrogen and oxygen atoms in total. The summed E-state index contributed by atoms with van der Waals surface area (Å²) in [5.74, 6) is 0.626. The van der Waals surface area contributed by atoms with Gasteiger partial charge in [-0.2, -0.15) is 0 Å². The number of hydrogen-bond donors (Lipinski definition) is 2. The first-order valence-corrected chi connectivity index (χ1v) is 12.4. The lowest BCUT2D eigenvalue weighted by Gasteiger charge is -2.40. The van der Waals surface area contributed by atoms with Crippen LogP contribution < -0.4 is 10.6 Å². The molecular formula is C27H27ClFN5. The van der Waals surface area contributed by atoms with Crippen LogP contribution in [0.3, 0.4) is 0 Å². The van der Waals surface area contributed by atoms with E-state index in [0.29, 0.717) is 29.7 Å². The van der Waals surface area contributed by atoms with Crippen LogP contribution in [0.2, 0.25) is 5.02 Å². The summed E-state index contributed by atoms with van der Waals surface area (Å²) in [5, 5.41) is 8.02. The summed E-state index contributed by atoms with van der Waals surface area (Å²) < 4.78 is 15.7. The molecule has 4 heterocycles. The minimum atomic E-state index is -0.233. The number of rotatable bonds is 5. The van der Waals surface area contributed by atoms with E-state index in [2.05, 4.69) is 32.7 Å². The summed E-state index contributed by atoms with van der Waals surface area (Å²) >= 11 is 6.60. The van der Waals surface area contributed by atoms with Gasteiger partial charge in [0.15, 0.2) is 0 Å². The van der Waals surface area contributed by atoms with Crippen LogP contribution in [-0.4, -0.2) is 32.7 Å². The maximum absolute atomic E-state index is 13.7. The monoisotopic (exact) mass is 475 g/mol. The van der Waals surface area contributed by atoms with E-state index in [-0.39, 0.29) is 5.82 Å². The first-order chi connectivity index (χ1) is 16.6. The maximum Gasteiger partial charge on any atom is 0.126 e. The Morgan fingerprint density at radius 3 is 2.74 bits per heavy atom. The molecule has 0 spiro atoms. The minimum Gasteiger partial charge on any atom is -0.367 e. The summed E-state index contributed by atoms with van der Waals surface area (Å²) in [6.45, 7) is 0.548. The van der Waals surface area contributed by atoms with Gasteiger partial charge in [0.25, 0.3) is 0 Å². The number of aromatic nitrogens is 3. The van der Waals surface area contributed by atoms with Crippen LogP contribution in [0.5, 0.6) is 0 Å². The molecular weight excluding hydrogens is 449 g/mol. The zero-order valence-corrected chi connectivity index (χ0v) is 19.6. The van der Waals surface area contributed by atoms with E-state index in [1.54, 1.807) is 24.7 Å². The normalized spacial score (nSPS) is 22.1. The molecule has 174 valence electrons. The van der Waals surface area contributed by atoms with Crippen LogP contribution in [0.1, 0.15) is 37.7 Å². The number of benzene rings is 2. The number of hydrogen-bond acceptors (Lipinski definition) is 4. The molecule has 2 saturated heterocycles. The second kappa shape index (κ2) is 9.01. The molecule has 2 bridgehead atoms. The van der Waals surface area contributed by atoms with Crippen molar-refractivity contribution in [1.82, 2.24) is 19.9 Å². The molecule has 0 saturated carbocycles. The van der Waals surface area contributed by atoms with Crippen LogP contribution >= 0.6 is 11.6 Å². The van der Waals surface area contributed by atoms with Crippen molar-refractivity contribution in [1.29, 1.82) is 0 Å². The highest BCUT2D eigenvalue weighted by Gasteiger charge is 2.31. The fourth-order valence-electron chi connectivity index (χ4n) is 5.51. The van der Waals surface area contributed by atoms with Crippen molar-refractivity contribution in [3.63, 3.8) is 0 Å².